The number of aliphatic hydroxyl groups excluding tert-OH is 1. The largest absolute Gasteiger partial charge is 0.394 e. The number of rotatable bonds is 7. The van der Waals surface area contributed by atoms with Gasteiger partial charge in [0.25, 0.3) is 10.0 Å². The first-order valence-corrected chi connectivity index (χ1v) is 7.03. The lowest BCUT2D eigenvalue weighted by atomic mass is 10.7. The topological polar surface area (TPSA) is 88.5 Å². The Bertz CT molecular complexity index is 420. The smallest absolute Gasteiger partial charge is 0.251 e. The second-order valence-corrected chi connectivity index (χ2v) is 6.27. The summed E-state index contributed by atoms with van der Waals surface area (Å²) < 4.78 is 30.6. The Kier molecular flexibility index (Phi) is 5.59. The van der Waals surface area contributed by atoms with E-state index >= 15 is 0 Å². The molecule has 0 radical (unpaired) electrons. The highest BCUT2D eigenvalue weighted by Gasteiger charge is 2.16. The maximum absolute atomic E-state index is 11.6. The van der Waals surface area contributed by atoms with Gasteiger partial charge in [-0.1, -0.05) is 22.9 Å². The molecule has 9 heteroatoms. The fraction of sp³-hybridized carbons (Fsp3) is 0.571. The van der Waals surface area contributed by atoms with Gasteiger partial charge in [0.2, 0.25) is 0 Å². The molecule has 0 unspecified atom stereocenters. The number of aliphatic hydroxyl groups is 1. The summed E-state index contributed by atoms with van der Waals surface area (Å²) in [6.45, 7) is 0.440. The zero-order valence-corrected chi connectivity index (χ0v) is 10.6. The van der Waals surface area contributed by atoms with Crippen LogP contribution in [0.4, 0.5) is 0 Å². The van der Waals surface area contributed by atoms with Crippen LogP contribution in [-0.4, -0.2) is 44.9 Å². The average Bonchev–Trinajstić information content (AvgIpc) is 2.65. The van der Waals surface area contributed by atoms with Crippen molar-refractivity contribution >= 4 is 33.0 Å². The Morgan fingerprint density at radius 1 is 1.56 bits per heavy atom. The minimum Gasteiger partial charge on any atom is -0.394 e. The van der Waals surface area contributed by atoms with Crippen molar-refractivity contribution in [1.29, 1.82) is 0 Å². The maximum Gasteiger partial charge on any atom is 0.251 e. The van der Waals surface area contributed by atoms with Gasteiger partial charge in [-0.05, 0) is 0 Å². The summed E-state index contributed by atoms with van der Waals surface area (Å²) in [6, 6.07) is 0. The average molecular weight is 287 g/mol. The molecule has 0 spiro atoms. The number of aromatic nitrogens is 1. The van der Waals surface area contributed by atoms with Crippen LogP contribution in [0, 0.1) is 0 Å². The van der Waals surface area contributed by atoms with Crippen LogP contribution in [0.5, 0.6) is 0 Å². The molecule has 0 aliphatic carbocycles. The Balaban J connectivity index is 2.41. The van der Waals surface area contributed by atoms with Gasteiger partial charge < -0.3 is 9.84 Å². The highest BCUT2D eigenvalue weighted by molar-refractivity contribution is 7.91. The molecular weight excluding hydrogens is 276 g/mol. The number of halogens is 1. The molecule has 1 heterocycles. The number of sulfonamides is 1. The molecule has 0 fully saturated rings. The van der Waals surface area contributed by atoms with Crippen LogP contribution in [0.2, 0.25) is 4.47 Å². The molecule has 6 nitrogen and oxygen atoms in total. The number of nitrogens with one attached hydrogen (secondary N) is 1. The van der Waals surface area contributed by atoms with Crippen LogP contribution in [0.15, 0.2) is 10.4 Å². The van der Waals surface area contributed by atoms with E-state index in [-0.39, 0.29) is 35.0 Å². The first-order chi connectivity index (χ1) is 7.56. The normalized spacial score (nSPS) is 11.9. The van der Waals surface area contributed by atoms with E-state index in [1.165, 1.54) is 6.20 Å². The molecule has 0 aromatic carbocycles. The van der Waals surface area contributed by atoms with Gasteiger partial charge in [0.15, 0.2) is 8.68 Å². The summed E-state index contributed by atoms with van der Waals surface area (Å²) >= 11 is 6.42. The molecule has 0 amide bonds. The molecule has 2 N–H and O–H groups in total. The highest BCUT2D eigenvalue weighted by atomic mass is 35.5. The van der Waals surface area contributed by atoms with Gasteiger partial charge in [-0.25, -0.2) is 18.1 Å². The van der Waals surface area contributed by atoms with Crippen LogP contribution in [0.1, 0.15) is 0 Å². The van der Waals surface area contributed by atoms with E-state index in [0.29, 0.717) is 0 Å². The molecule has 0 aliphatic rings. The van der Waals surface area contributed by atoms with Crippen molar-refractivity contribution in [2.75, 3.05) is 26.4 Å². The van der Waals surface area contributed by atoms with Crippen molar-refractivity contribution in [3.05, 3.63) is 10.7 Å². The third kappa shape index (κ3) is 4.32. The SMILES string of the molecule is O=S(=O)(NCCOCCO)c1cnc(Cl)s1. The van der Waals surface area contributed by atoms with Crippen LogP contribution in [-0.2, 0) is 14.8 Å². The van der Waals surface area contributed by atoms with Gasteiger partial charge in [-0.15, -0.1) is 0 Å². The van der Waals surface area contributed by atoms with E-state index in [2.05, 4.69) is 9.71 Å². The van der Waals surface area contributed by atoms with E-state index in [0.717, 1.165) is 11.3 Å². The lowest BCUT2D eigenvalue weighted by Crippen LogP contribution is -2.27. The minimum absolute atomic E-state index is 0.0691. The summed E-state index contributed by atoms with van der Waals surface area (Å²) in [6.07, 6.45) is 1.20. The maximum atomic E-state index is 11.6. The zero-order chi connectivity index (χ0) is 12.0. The Morgan fingerprint density at radius 2 is 2.31 bits per heavy atom. The van der Waals surface area contributed by atoms with Crippen molar-refractivity contribution < 1.29 is 18.3 Å². The number of hydrogen-bond donors (Lipinski definition) is 2. The molecule has 1 aromatic rings. The minimum atomic E-state index is -3.55. The van der Waals surface area contributed by atoms with Crippen LogP contribution < -0.4 is 4.72 Å². The van der Waals surface area contributed by atoms with Crippen molar-refractivity contribution in [3.8, 4) is 0 Å². The van der Waals surface area contributed by atoms with Gasteiger partial charge >= 0.3 is 0 Å². The first-order valence-electron chi connectivity index (χ1n) is 4.36. The number of ether oxygens (including phenoxy) is 1. The fourth-order valence-electron chi connectivity index (χ4n) is 0.849. The zero-order valence-electron chi connectivity index (χ0n) is 8.22. The third-order valence-electron chi connectivity index (χ3n) is 1.50. The molecule has 92 valence electrons. The summed E-state index contributed by atoms with van der Waals surface area (Å²) in [5.41, 5.74) is 0. The molecule has 1 aromatic heterocycles. The summed E-state index contributed by atoms with van der Waals surface area (Å²) in [5, 5.41) is 8.42. The molecule has 0 aliphatic heterocycles. The van der Waals surface area contributed by atoms with E-state index in [1.54, 1.807) is 0 Å². The van der Waals surface area contributed by atoms with Gasteiger partial charge in [0, 0.05) is 6.54 Å². The van der Waals surface area contributed by atoms with Gasteiger partial charge in [-0.2, -0.15) is 0 Å². The number of hydrogen-bond acceptors (Lipinski definition) is 6. The lowest BCUT2D eigenvalue weighted by molar-refractivity contribution is 0.0961. The van der Waals surface area contributed by atoms with Gasteiger partial charge in [0.1, 0.15) is 0 Å². The number of thiazole rings is 1. The molecule has 16 heavy (non-hydrogen) atoms. The number of nitrogens with zero attached hydrogens (tertiary/aromatic N) is 1. The molecule has 0 bridgehead atoms. The quantitative estimate of drug-likeness (QED) is 0.693. The van der Waals surface area contributed by atoms with Crippen molar-refractivity contribution in [2.45, 2.75) is 4.21 Å². The second kappa shape index (κ2) is 6.48. The van der Waals surface area contributed by atoms with Gasteiger partial charge in [-0.3, -0.25) is 0 Å². The van der Waals surface area contributed by atoms with Crippen LogP contribution in [0.3, 0.4) is 0 Å². The van der Waals surface area contributed by atoms with Crippen LogP contribution >= 0.6 is 22.9 Å². The van der Waals surface area contributed by atoms with E-state index < -0.39 is 10.0 Å². The molecule has 0 saturated carbocycles. The van der Waals surface area contributed by atoms with Crippen molar-refractivity contribution in [3.63, 3.8) is 0 Å². The van der Waals surface area contributed by atoms with Crippen molar-refractivity contribution in [1.82, 2.24) is 9.71 Å². The Labute approximate surface area is 102 Å². The first kappa shape index (κ1) is 13.8. The summed E-state index contributed by atoms with van der Waals surface area (Å²) in [4.78, 5) is 3.64. The Hall–Kier alpha value is -0.250. The highest BCUT2D eigenvalue weighted by Crippen LogP contribution is 2.21. The van der Waals surface area contributed by atoms with Crippen LogP contribution in [0.25, 0.3) is 0 Å². The van der Waals surface area contributed by atoms with Crippen molar-refractivity contribution in [2.24, 2.45) is 0 Å². The predicted molar refractivity (Wildman–Crippen MR) is 60.2 cm³/mol. The predicted octanol–water partition coefficient (Wildman–Crippen LogP) is 0.0837. The van der Waals surface area contributed by atoms with Gasteiger partial charge in [0.05, 0.1) is 26.0 Å². The van der Waals surface area contributed by atoms with E-state index in [9.17, 15) is 8.42 Å². The fourth-order valence-corrected chi connectivity index (χ4v) is 3.20. The lowest BCUT2D eigenvalue weighted by Gasteiger charge is -2.04. The third-order valence-corrected chi connectivity index (χ3v) is 4.53. The van der Waals surface area contributed by atoms with E-state index in [4.69, 9.17) is 21.4 Å². The summed E-state index contributed by atoms with van der Waals surface area (Å²) in [7, 11) is -3.55. The molecular formula is C7H11ClN2O4S2. The molecule has 0 saturated heterocycles. The van der Waals surface area contributed by atoms with E-state index in [1.807, 2.05) is 0 Å². The molecule has 1 rings (SSSR count). The summed E-state index contributed by atoms with van der Waals surface area (Å²) in [5.74, 6) is 0. The monoisotopic (exact) mass is 286 g/mol. The molecule has 0 atom stereocenters. The Morgan fingerprint density at radius 3 is 2.88 bits per heavy atom. The second-order valence-electron chi connectivity index (χ2n) is 2.67. The standard InChI is InChI=1S/C7H11ClN2O4S2/c8-7-9-5-6(15-7)16(12,13)10-1-3-14-4-2-11/h5,10-11H,1-4H2.